The fraction of sp³-hybridized carbons (Fsp3) is 0.333. The number of nitrogens with zero attached hydrogens (tertiary/aromatic N) is 1. The number of hydrogen-bond acceptors (Lipinski definition) is 2. The molecular formula is C12H12Cl2INO3. The van der Waals surface area contributed by atoms with Gasteiger partial charge in [0.2, 0.25) is 0 Å². The van der Waals surface area contributed by atoms with E-state index in [1.165, 1.54) is 24.1 Å². The molecule has 0 heterocycles. The summed E-state index contributed by atoms with van der Waals surface area (Å²) < 4.78 is 0.556. The van der Waals surface area contributed by atoms with E-state index in [9.17, 15) is 9.59 Å². The van der Waals surface area contributed by atoms with Gasteiger partial charge in [-0.15, -0.1) is 0 Å². The van der Waals surface area contributed by atoms with E-state index in [0.29, 0.717) is 25.6 Å². The van der Waals surface area contributed by atoms with E-state index < -0.39 is 17.9 Å². The monoisotopic (exact) mass is 415 g/mol. The number of hydrogen-bond donors (Lipinski definition) is 1. The van der Waals surface area contributed by atoms with Gasteiger partial charge in [-0.25, -0.2) is 4.79 Å². The van der Waals surface area contributed by atoms with Crippen molar-refractivity contribution >= 4 is 57.7 Å². The van der Waals surface area contributed by atoms with Crippen molar-refractivity contribution in [1.82, 2.24) is 4.90 Å². The van der Waals surface area contributed by atoms with Gasteiger partial charge in [0.25, 0.3) is 5.91 Å². The molecule has 104 valence electrons. The molecule has 0 saturated carbocycles. The highest BCUT2D eigenvalue weighted by atomic mass is 127. The van der Waals surface area contributed by atoms with Gasteiger partial charge < -0.3 is 10.0 Å². The molecular weight excluding hydrogens is 404 g/mol. The van der Waals surface area contributed by atoms with Crippen molar-refractivity contribution in [2.45, 2.75) is 19.4 Å². The van der Waals surface area contributed by atoms with Crippen LogP contribution in [0.5, 0.6) is 0 Å². The number of carbonyl (C=O) groups excluding carboxylic acids is 1. The summed E-state index contributed by atoms with van der Waals surface area (Å²) in [5.74, 6) is -1.45. The molecule has 1 N–H and O–H groups in total. The Morgan fingerprint density at radius 1 is 1.42 bits per heavy atom. The molecule has 0 aliphatic carbocycles. The number of amides is 1. The van der Waals surface area contributed by atoms with E-state index >= 15 is 0 Å². The first-order valence-electron chi connectivity index (χ1n) is 5.44. The van der Waals surface area contributed by atoms with Crippen LogP contribution in [0.4, 0.5) is 0 Å². The Balaban J connectivity index is 3.16. The quantitative estimate of drug-likeness (QED) is 0.604. The third kappa shape index (κ3) is 3.73. The number of aliphatic carboxylic acids is 1. The van der Waals surface area contributed by atoms with Gasteiger partial charge in [-0.2, -0.15) is 0 Å². The van der Waals surface area contributed by atoms with E-state index in [1.807, 2.05) is 22.6 Å². The van der Waals surface area contributed by atoms with Crippen molar-refractivity contribution in [3.8, 4) is 0 Å². The Hall–Kier alpha value is -0.530. The minimum atomic E-state index is -1.04. The molecule has 1 rings (SSSR count). The van der Waals surface area contributed by atoms with Crippen LogP contribution in [0, 0.1) is 3.57 Å². The van der Waals surface area contributed by atoms with E-state index in [0.717, 1.165) is 0 Å². The molecule has 0 spiro atoms. The molecule has 7 heteroatoms. The zero-order chi connectivity index (χ0) is 14.7. The molecule has 0 fully saturated rings. The normalized spacial score (nSPS) is 12.1. The molecule has 0 saturated heterocycles. The SMILES string of the molecule is CCC(C(=O)O)N(C)C(=O)c1cc(Cl)cc(Cl)c1I. The Kier molecular flexibility index (Phi) is 5.88. The Labute approximate surface area is 134 Å². The van der Waals surface area contributed by atoms with Crippen LogP contribution in [0.1, 0.15) is 23.7 Å². The van der Waals surface area contributed by atoms with Gasteiger partial charge >= 0.3 is 5.97 Å². The van der Waals surface area contributed by atoms with Gasteiger partial charge in [-0.3, -0.25) is 4.79 Å². The molecule has 1 amide bonds. The van der Waals surface area contributed by atoms with Crippen molar-refractivity contribution in [2.75, 3.05) is 7.05 Å². The van der Waals surface area contributed by atoms with E-state index in [1.54, 1.807) is 6.92 Å². The Bertz CT molecular complexity index is 522. The maximum Gasteiger partial charge on any atom is 0.326 e. The van der Waals surface area contributed by atoms with E-state index in [-0.39, 0.29) is 0 Å². The van der Waals surface area contributed by atoms with Crippen molar-refractivity contribution < 1.29 is 14.7 Å². The van der Waals surface area contributed by atoms with Gasteiger partial charge in [0.1, 0.15) is 6.04 Å². The van der Waals surface area contributed by atoms with Crippen LogP contribution < -0.4 is 0 Å². The standard InChI is InChI=1S/C12H12Cl2INO3/c1-3-9(12(18)19)16(2)11(17)7-4-6(13)5-8(14)10(7)15/h4-5,9H,3H2,1-2H3,(H,18,19). The summed E-state index contributed by atoms with van der Waals surface area (Å²) in [5, 5.41) is 9.78. The first-order valence-corrected chi connectivity index (χ1v) is 7.27. The lowest BCUT2D eigenvalue weighted by Gasteiger charge is -2.24. The van der Waals surface area contributed by atoms with Crippen molar-refractivity contribution in [1.29, 1.82) is 0 Å². The van der Waals surface area contributed by atoms with Crippen LogP contribution in [0.15, 0.2) is 12.1 Å². The third-order valence-corrected chi connectivity index (χ3v) is 4.68. The third-order valence-electron chi connectivity index (χ3n) is 2.68. The molecule has 1 aromatic carbocycles. The highest BCUT2D eigenvalue weighted by Crippen LogP contribution is 2.28. The lowest BCUT2D eigenvalue weighted by molar-refractivity contribution is -0.142. The fourth-order valence-corrected chi connectivity index (χ4v) is 2.69. The zero-order valence-electron chi connectivity index (χ0n) is 10.3. The molecule has 1 aromatic rings. The average Bonchev–Trinajstić information content (AvgIpc) is 2.33. The molecule has 0 radical (unpaired) electrons. The van der Waals surface area contributed by atoms with Crippen molar-refractivity contribution in [3.05, 3.63) is 31.3 Å². The van der Waals surface area contributed by atoms with Crippen LogP contribution in [0.25, 0.3) is 0 Å². The lowest BCUT2D eigenvalue weighted by atomic mass is 10.1. The number of halogens is 3. The number of rotatable bonds is 4. The van der Waals surface area contributed by atoms with Crippen LogP contribution >= 0.6 is 45.8 Å². The Morgan fingerprint density at radius 3 is 2.47 bits per heavy atom. The van der Waals surface area contributed by atoms with Gasteiger partial charge in [-0.1, -0.05) is 30.1 Å². The van der Waals surface area contributed by atoms with E-state index in [4.69, 9.17) is 28.3 Å². The van der Waals surface area contributed by atoms with Gasteiger partial charge in [-0.05, 0) is 41.1 Å². The number of carbonyl (C=O) groups is 2. The Morgan fingerprint density at radius 2 is 2.00 bits per heavy atom. The van der Waals surface area contributed by atoms with E-state index in [2.05, 4.69) is 0 Å². The number of benzene rings is 1. The highest BCUT2D eigenvalue weighted by Gasteiger charge is 2.27. The minimum absolute atomic E-state index is 0.306. The van der Waals surface area contributed by atoms with Gasteiger partial charge in [0.15, 0.2) is 0 Å². The maximum atomic E-state index is 12.3. The minimum Gasteiger partial charge on any atom is -0.480 e. The first-order chi connectivity index (χ1) is 8.79. The summed E-state index contributed by atoms with van der Waals surface area (Å²) in [6.45, 7) is 1.71. The summed E-state index contributed by atoms with van der Waals surface area (Å²) in [7, 11) is 1.45. The predicted octanol–water partition coefficient (Wildman–Crippen LogP) is 3.53. The number of likely N-dealkylation sites (N-methyl/N-ethyl adjacent to an activating group) is 1. The van der Waals surface area contributed by atoms with Gasteiger partial charge in [0.05, 0.1) is 10.6 Å². The molecule has 0 aromatic heterocycles. The highest BCUT2D eigenvalue weighted by molar-refractivity contribution is 14.1. The largest absolute Gasteiger partial charge is 0.480 e. The second-order valence-corrected chi connectivity index (χ2v) is 5.85. The van der Waals surface area contributed by atoms with Gasteiger partial charge in [0, 0.05) is 15.6 Å². The molecule has 0 aliphatic heterocycles. The summed E-state index contributed by atoms with van der Waals surface area (Å²) in [6.07, 6.45) is 0.322. The second-order valence-electron chi connectivity index (χ2n) is 3.93. The maximum absolute atomic E-state index is 12.3. The lowest BCUT2D eigenvalue weighted by Crippen LogP contribution is -2.42. The molecule has 1 unspecified atom stereocenters. The molecule has 0 aliphatic rings. The topological polar surface area (TPSA) is 57.6 Å². The fourth-order valence-electron chi connectivity index (χ4n) is 1.66. The molecule has 1 atom stereocenters. The second kappa shape index (κ2) is 6.76. The summed E-state index contributed by atoms with van der Waals surface area (Å²) >= 11 is 13.8. The molecule has 19 heavy (non-hydrogen) atoms. The van der Waals surface area contributed by atoms with Crippen LogP contribution in [-0.4, -0.2) is 35.0 Å². The molecule has 0 bridgehead atoms. The summed E-state index contributed by atoms with van der Waals surface area (Å²) in [5.41, 5.74) is 0.306. The summed E-state index contributed by atoms with van der Waals surface area (Å²) in [6, 6.07) is 2.15. The van der Waals surface area contributed by atoms with Crippen LogP contribution in [0.3, 0.4) is 0 Å². The first kappa shape index (κ1) is 16.5. The van der Waals surface area contributed by atoms with Crippen LogP contribution in [0.2, 0.25) is 10.0 Å². The van der Waals surface area contributed by atoms with Crippen molar-refractivity contribution in [2.24, 2.45) is 0 Å². The number of carboxylic acids is 1. The smallest absolute Gasteiger partial charge is 0.326 e. The number of carboxylic acid groups (broad SMARTS) is 1. The summed E-state index contributed by atoms with van der Waals surface area (Å²) in [4.78, 5) is 24.6. The zero-order valence-corrected chi connectivity index (χ0v) is 14.0. The average molecular weight is 416 g/mol. The molecule has 4 nitrogen and oxygen atoms in total. The predicted molar refractivity (Wildman–Crippen MR) is 83.0 cm³/mol. The van der Waals surface area contributed by atoms with Crippen LogP contribution in [-0.2, 0) is 4.79 Å². The van der Waals surface area contributed by atoms with Crippen molar-refractivity contribution in [3.63, 3.8) is 0 Å².